The molecule has 1 amide bonds. The van der Waals surface area contributed by atoms with E-state index in [4.69, 9.17) is 9.72 Å². The first-order chi connectivity index (χ1) is 13.7. The lowest BCUT2D eigenvalue weighted by molar-refractivity contribution is -0.132. The van der Waals surface area contributed by atoms with Crippen LogP contribution in [0.3, 0.4) is 0 Å². The minimum Gasteiger partial charge on any atom is -0.379 e. The molecule has 2 aliphatic heterocycles. The predicted octanol–water partition coefficient (Wildman–Crippen LogP) is 1.96. The van der Waals surface area contributed by atoms with Gasteiger partial charge in [-0.25, -0.2) is 4.98 Å². The van der Waals surface area contributed by atoms with Crippen molar-refractivity contribution in [3.8, 4) is 10.6 Å². The first-order valence-electron chi connectivity index (χ1n) is 9.97. The van der Waals surface area contributed by atoms with Crippen LogP contribution in [0.25, 0.3) is 10.6 Å². The molecule has 1 aromatic carbocycles. The predicted molar refractivity (Wildman–Crippen MR) is 111 cm³/mol. The summed E-state index contributed by atoms with van der Waals surface area (Å²) in [6.45, 7) is 8.07. The molecule has 3 heterocycles. The minimum absolute atomic E-state index is 0.186. The molecule has 0 radical (unpaired) electrons. The maximum atomic E-state index is 12.6. The number of amides is 1. The number of piperazine rings is 1. The van der Waals surface area contributed by atoms with Gasteiger partial charge in [0.25, 0.3) is 0 Å². The van der Waals surface area contributed by atoms with Crippen LogP contribution in [-0.2, 0) is 22.5 Å². The van der Waals surface area contributed by atoms with Crippen LogP contribution in [0.2, 0.25) is 0 Å². The summed E-state index contributed by atoms with van der Waals surface area (Å²) in [5.74, 6) is 0.186. The van der Waals surface area contributed by atoms with E-state index in [1.165, 1.54) is 5.56 Å². The Balaban J connectivity index is 1.38. The summed E-state index contributed by atoms with van der Waals surface area (Å²) in [4.78, 5) is 23.9. The van der Waals surface area contributed by atoms with E-state index in [1.54, 1.807) is 11.3 Å². The molecule has 1 aromatic heterocycles. The molecular weight excluding hydrogens is 372 g/mol. The zero-order valence-corrected chi connectivity index (χ0v) is 17.3. The number of carbonyl (C=O) groups excluding carboxylic acids is 1. The summed E-state index contributed by atoms with van der Waals surface area (Å²) < 4.78 is 5.43. The van der Waals surface area contributed by atoms with Crippen molar-refractivity contribution in [3.05, 3.63) is 40.9 Å². The van der Waals surface area contributed by atoms with Crippen LogP contribution in [0.1, 0.15) is 11.3 Å². The quantitative estimate of drug-likeness (QED) is 0.768. The third kappa shape index (κ3) is 4.97. The Labute approximate surface area is 170 Å². The van der Waals surface area contributed by atoms with Crippen molar-refractivity contribution in [1.29, 1.82) is 0 Å². The number of hydrogen-bond acceptors (Lipinski definition) is 6. The number of aromatic nitrogens is 1. The molecule has 0 N–H and O–H groups in total. The lowest BCUT2D eigenvalue weighted by Gasteiger charge is -2.32. The SMILES string of the molecule is CN1CCN(C(=O)Cc2csc(-c3cccc(CN4CCOCC4)c3)n2)CC1. The molecule has 0 aliphatic carbocycles. The molecule has 0 spiro atoms. The molecule has 0 saturated carbocycles. The lowest BCUT2D eigenvalue weighted by atomic mass is 10.1. The number of nitrogens with zero attached hydrogens (tertiary/aromatic N) is 4. The van der Waals surface area contributed by atoms with Crippen LogP contribution < -0.4 is 0 Å². The fraction of sp³-hybridized carbons (Fsp3) is 0.524. The summed E-state index contributed by atoms with van der Waals surface area (Å²) >= 11 is 1.62. The van der Waals surface area contributed by atoms with E-state index in [9.17, 15) is 4.79 Å². The number of morpholine rings is 1. The largest absolute Gasteiger partial charge is 0.379 e. The number of benzene rings is 1. The van der Waals surface area contributed by atoms with Gasteiger partial charge >= 0.3 is 0 Å². The smallest absolute Gasteiger partial charge is 0.228 e. The Kier molecular flexibility index (Phi) is 6.36. The van der Waals surface area contributed by atoms with E-state index in [-0.39, 0.29) is 5.91 Å². The fourth-order valence-electron chi connectivity index (χ4n) is 3.66. The van der Waals surface area contributed by atoms with Gasteiger partial charge in [0.2, 0.25) is 5.91 Å². The molecule has 2 fully saturated rings. The number of carbonyl (C=O) groups is 1. The summed E-state index contributed by atoms with van der Waals surface area (Å²) in [7, 11) is 2.10. The van der Waals surface area contributed by atoms with E-state index < -0.39 is 0 Å². The van der Waals surface area contributed by atoms with Crippen molar-refractivity contribution < 1.29 is 9.53 Å². The Morgan fingerprint density at radius 1 is 1.14 bits per heavy atom. The average molecular weight is 401 g/mol. The van der Waals surface area contributed by atoms with Crippen LogP contribution in [-0.4, -0.2) is 85.1 Å². The molecule has 2 saturated heterocycles. The van der Waals surface area contributed by atoms with Crippen molar-refractivity contribution in [2.45, 2.75) is 13.0 Å². The monoisotopic (exact) mass is 400 g/mol. The van der Waals surface area contributed by atoms with Gasteiger partial charge in [-0.05, 0) is 18.7 Å². The van der Waals surface area contributed by atoms with Crippen LogP contribution >= 0.6 is 11.3 Å². The molecule has 4 rings (SSSR count). The first-order valence-corrected chi connectivity index (χ1v) is 10.9. The second-order valence-corrected chi connectivity index (χ2v) is 8.45. The highest BCUT2D eigenvalue weighted by Gasteiger charge is 2.20. The maximum absolute atomic E-state index is 12.6. The van der Waals surface area contributed by atoms with E-state index >= 15 is 0 Å². The van der Waals surface area contributed by atoms with Crippen LogP contribution in [0.5, 0.6) is 0 Å². The van der Waals surface area contributed by atoms with Gasteiger partial charge < -0.3 is 14.5 Å². The molecular formula is C21H28N4O2S. The Morgan fingerprint density at radius 3 is 2.71 bits per heavy atom. The van der Waals surface area contributed by atoms with E-state index in [2.05, 4.69) is 41.1 Å². The molecule has 7 heteroatoms. The summed E-state index contributed by atoms with van der Waals surface area (Å²) in [6, 6.07) is 8.60. The zero-order chi connectivity index (χ0) is 19.3. The molecule has 0 bridgehead atoms. The van der Waals surface area contributed by atoms with Crippen LogP contribution in [0, 0.1) is 0 Å². The van der Waals surface area contributed by atoms with Gasteiger partial charge in [-0.1, -0.05) is 18.2 Å². The summed E-state index contributed by atoms with van der Waals surface area (Å²) in [5.41, 5.74) is 3.31. The number of rotatable bonds is 5. The molecule has 0 atom stereocenters. The maximum Gasteiger partial charge on any atom is 0.228 e. The Hall–Kier alpha value is -1.80. The third-order valence-corrected chi connectivity index (χ3v) is 6.36. The molecule has 150 valence electrons. The van der Waals surface area contributed by atoms with E-state index in [1.807, 2.05) is 10.3 Å². The van der Waals surface area contributed by atoms with E-state index in [0.717, 1.165) is 75.3 Å². The third-order valence-electron chi connectivity index (χ3n) is 5.42. The van der Waals surface area contributed by atoms with Gasteiger partial charge in [-0.15, -0.1) is 11.3 Å². The first kappa shape index (κ1) is 19.5. The number of hydrogen-bond donors (Lipinski definition) is 0. The van der Waals surface area contributed by atoms with Crippen molar-refractivity contribution in [2.24, 2.45) is 0 Å². The Bertz CT molecular complexity index is 795. The van der Waals surface area contributed by atoms with Gasteiger partial charge in [-0.3, -0.25) is 9.69 Å². The zero-order valence-electron chi connectivity index (χ0n) is 16.5. The van der Waals surface area contributed by atoms with E-state index in [0.29, 0.717) is 6.42 Å². The lowest BCUT2D eigenvalue weighted by Crippen LogP contribution is -2.47. The summed E-state index contributed by atoms with van der Waals surface area (Å²) in [6.07, 6.45) is 0.397. The standard InChI is InChI=1S/C21H28N4O2S/c1-23-5-7-25(8-6-23)20(26)14-19-16-28-21(22-19)18-4-2-3-17(13-18)15-24-9-11-27-12-10-24/h2-4,13,16H,5-12,14-15H2,1H3. The fourth-order valence-corrected chi connectivity index (χ4v) is 4.48. The second kappa shape index (κ2) is 9.13. The molecule has 2 aliphatic rings. The average Bonchev–Trinajstić information content (AvgIpc) is 3.18. The molecule has 0 unspecified atom stereocenters. The number of likely N-dealkylation sites (N-methyl/N-ethyl adjacent to an activating group) is 1. The van der Waals surface area contributed by atoms with Crippen molar-refractivity contribution in [1.82, 2.24) is 19.7 Å². The molecule has 2 aromatic rings. The van der Waals surface area contributed by atoms with Gasteiger partial charge in [0.1, 0.15) is 5.01 Å². The number of thiazole rings is 1. The molecule has 6 nitrogen and oxygen atoms in total. The van der Waals surface area contributed by atoms with Crippen LogP contribution in [0.15, 0.2) is 29.6 Å². The molecule has 28 heavy (non-hydrogen) atoms. The van der Waals surface area contributed by atoms with Crippen molar-refractivity contribution in [2.75, 3.05) is 59.5 Å². The number of ether oxygens (including phenoxy) is 1. The van der Waals surface area contributed by atoms with Crippen molar-refractivity contribution in [3.63, 3.8) is 0 Å². The minimum atomic E-state index is 0.186. The van der Waals surface area contributed by atoms with Gasteiger partial charge in [0, 0.05) is 56.8 Å². The van der Waals surface area contributed by atoms with Gasteiger partial charge in [0.05, 0.1) is 25.3 Å². The Morgan fingerprint density at radius 2 is 1.93 bits per heavy atom. The normalized spacial score (nSPS) is 19.1. The summed E-state index contributed by atoms with van der Waals surface area (Å²) in [5, 5.41) is 3.02. The topological polar surface area (TPSA) is 48.9 Å². The highest BCUT2D eigenvalue weighted by Crippen LogP contribution is 2.25. The highest BCUT2D eigenvalue weighted by molar-refractivity contribution is 7.13. The van der Waals surface area contributed by atoms with Crippen LogP contribution in [0.4, 0.5) is 0 Å². The second-order valence-electron chi connectivity index (χ2n) is 7.59. The van der Waals surface area contributed by atoms with Crippen molar-refractivity contribution >= 4 is 17.2 Å². The highest BCUT2D eigenvalue weighted by atomic mass is 32.1. The van der Waals surface area contributed by atoms with Gasteiger partial charge in [0.15, 0.2) is 0 Å². The van der Waals surface area contributed by atoms with Gasteiger partial charge in [-0.2, -0.15) is 0 Å².